The molecule has 0 spiro atoms. The van der Waals surface area contributed by atoms with Gasteiger partial charge in [-0.15, -0.1) is 0 Å². The topological polar surface area (TPSA) is 91.6 Å². The summed E-state index contributed by atoms with van der Waals surface area (Å²) in [5, 5.41) is 5.85. The van der Waals surface area contributed by atoms with Gasteiger partial charge in [-0.05, 0) is 54.0 Å². The molecule has 0 saturated carbocycles. The first-order chi connectivity index (χ1) is 12.9. The summed E-state index contributed by atoms with van der Waals surface area (Å²) in [6.07, 6.45) is 1.39. The van der Waals surface area contributed by atoms with Gasteiger partial charge in [0.15, 0.2) is 5.65 Å². The predicted octanol–water partition coefficient (Wildman–Crippen LogP) is 3.10. The summed E-state index contributed by atoms with van der Waals surface area (Å²) in [4.78, 5) is 21.3. The first-order valence-corrected chi connectivity index (χ1v) is 9.41. The molecule has 4 aromatic rings. The summed E-state index contributed by atoms with van der Waals surface area (Å²) >= 11 is 2.08. The molecule has 1 aromatic carbocycles. The summed E-state index contributed by atoms with van der Waals surface area (Å²) in [6, 6.07) is 6.32. The highest BCUT2D eigenvalue weighted by Crippen LogP contribution is 2.24. The normalized spacial score (nSPS) is 11.7. The van der Waals surface area contributed by atoms with Crippen molar-refractivity contribution in [3.05, 3.63) is 56.2 Å². The Bertz CT molecular complexity index is 1250. The Labute approximate surface area is 167 Å². The number of nitrogens with zero attached hydrogens (tertiary/aromatic N) is 5. The molecule has 0 amide bonds. The third kappa shape index (κ3) is 2.85. The number of nitrogens with two attached hydrogens (primary N) is 1. The van der Waals surface area contributed by atoms with Crippen LogP contribution in [-0.4, -0.2) is 24.3 Å². The van der Waals surface area contributed by atoms with E-state index >= 15 is 0 Å². The molecule has 0 atom stereocenters. The van der Waals surface area contributed by atoms with Gasteiger partial charge in [0.25, 0.3) is 5.56 Å². The van der Waals surface area contributed by atoms with E-state index in [0.717, 1.165) is 0 Å². The van der Waals surface area contributed by atoms with Crippen molar-refractivity contribution in [1.29, 1.82) is 0 Å². The summed E-state index contributed by atoms with van der Waals surface area (Å²) < 4.78 is 18.2. The summed E-state index contributed by atoms with van der Waals surface area (Å²) in [7, 11) is 0. The van der Waals surface area contributed by atoms with Crippen molar-refractivity contribution < 1.29 is 4.39 Å². The smallest absolute Gasteiger partial charge is 0.261 e. The third-order valence-corrected chi connectivity index (χ3v) is 5.21. The van der Waals surface area contributed by atoms with Crippen molar-refractivity contribution in [3.8, 4) is 0 Å². The van der Waals surface area contributed by atoms with Gasteiger partial charge in [0.05, 0.1) is 17.3 Å². The standard InChI is InChI=1S/C18H16FIN6O/c1-9(2)26-11(6-10-4-3-5-12(19)13(10)18(26)27)7-25-17-14(15(20)24-25)16(21)22-8-23-17/h3-6,8-9H,7H2,1-2H3,(H2,21,22,23). The molecule has 7 nitrogen and oxygen atoms in total. The van der Waals surface area contributed by atoms with Gasteiger partial charge in [0.1, 0.15) is 21.7 Å². The zero-order chi connectivity index (χ0) is 19.3. The molecule has 0 bridgehead atoms. The zero-order valence-corrected chi connectivity index (χ0v) is 16.8. The summed E-state index contributed by atoms with van der Waals surface area (Å²) in [5.41, 5.74) is 6.91. The van der Waals surface area contributed by atoms with E-state index in [-0.39, 0.29) is 17.0 Å². The number of hydrogen-bond acceptors (Lipinski definition) is 5. The van der Waals surface area contributed by atoms with Crippen LogP contribution >= 0.6 is 22.6 Å². The number of nitrogen functional groups attached to an aromatic ring is 1. The van der Waals surface area contributed by atoms with Crippen LogP contribution in [-0.2, 0) is 6.54 Å². The second kappa shape index (κ2) is 6.55. The lowest BCUT2D eigenvalue weighted by Gasteiger charge is -2.18. The van der Waals surface area contributed by atoms with Crippen LogP contribution in [0.3, 0.4) is 0 Å². The van der Waals surface area contributed by atoms with Gasteiger partial charge in [-0.3, -0.25) is 4.79 Å². The van der Waals surface area contributed by atoms with E-state index in [4.69, 9.17) is 5.73 Å². The lowest BCUT2D eigenvalue weighted by Crippen LogP contribution is -2.27. The molecule has 0 saturated heterocycles. The van der Waals surface area contributed by atoms with Gasteiger partial charge in [-0.25, -0.2) is 19.0 Å². The van der Waals surface area contributed by atoms with Crippen LogP contribution in [0.5, 0.6) is 0 Å². The number of benzene rings is 1. The molecule has 0 fully saturated rings. The minimum Gasteiger partial charge on any atom is -0.383 e. The molecular weight excluding hydrogens is 462 g/mol. The molecular formula is C18H16FIN6O. The van der Waals surface area contributed by atoms with Crippen molar-refractivity contribution in [3.63, 3.8) is 0 Å². The van der Waals surface area contributed by atoms with E-state index in [2.05, 4.69) is 37.7 Å². The molecule has 4 rings (SSSR count). The van der Waals surface area contributed by atoms with E-state index in [1.807, 2.05) is 19.9 Å². The molecule has 3 heterocycles. The van der Waals surface area contributed by atoms with Gasteiger partial charge in [-0.2, -0.15) is 5.10 Å². The van der Waals surface area contributed by atoms with Crippen LogP contribution in [0, 0.1) is 9.52 Å². The SMILES string of the molecule is CC(C)n1c(Cn2nc(I)c3c(N)ncnc32)cc2cccc(F)c2c1=O. The first-order valence-electron chi connectivity index (χ1n) is 8.33. The number of halogens is 2. The molecule has 138 valence electrons. The lowest BCUT2D eigenvalue weighted by atomic mass is 10.1. The summed E-state index contributed by atoms with van der Waals surface area (Å²) in [6.45, 7) is 4.08. The predicted molar refractivity (Wildman–Crippen MR) is 110 cm³/mol. The average Bonchev–Trinajstić information content (AvgIpc) is 2.91. The molecule has 0 aliphatic rings. The number of anilines is 1. The lowest BCUT2D eigenvalue weighted by molar-refractivity contribution is 0.530. The molecule has 9 heteroatoms. The molecule has 3 aromatic heterocycles. The zero-order valence-electron chi connectivity index (χ0n) is 14.6. The van der Waals surface area contributed by atoms with Crippen LogP contribution in [0.2, 0.25) is 0 Å². The van der Waals surface area contributed by atoms with Crippen LogP contribution in [0.25, 0.3) is 21.8 Å². The minimum atomic E-state index is -0.516. The third-order valence-electron chi connectivity index (χ3n) is 4.45. The monoisotopic (exact) mass is 478 g/mol. The molecule has 0 aliphatic heterocycles. The van der Waals surface area contributed by atoms with Crippen LogP contribution in [0.4, 0.5) is 10.2 Å². The maximum Gasteiger partial charge on any atom is 0.261 e. The molecule has 27 heavy (non-hydrogen) atoms. The maximum atomic E-state index is 14.2. The first kappa shape index (κ1) is 17.8. The number of aromatic nitrogens is 5. The van der Waals surface area contributed by atoms with Crippen molar-refractivity contribution in [2.75, 3.05) is 5.73 Å². The van der Waals surface area contributed by atoms with Crippen LogP contribution < -0.4 is 11.3 Å². The van der Waals surface area contributed by atoms with Crippen molar-refractivity contribution in [2.45, 2.75) is 26.4 Å². The van der Waals surface area contributed by atoms with Crippen molar-refractivity contribution in [1.82, 2.24) is 24.3 Å². The summed E-state index contributed by atoms with van der Waals surface area (Å²) in [5.74, 6) is -0.157. The molecule has 2 N–H and O–H groups in total. The second-order valence-corrected chi connectivity index (χ2v) is 7.54. The Kier molecular flexibility index (Phi) is 4.33. The van der Waals surface area contributed by atoms with Crippen LogP contribution in [0.15, 0.2) is 35.4 Å². The largest absolute Gasteiger partial charge is 0.383 e. The maximum absolute atomic E-state index is 14.2. The molecule has 0 unspecified atom stereocenters. The fraction of sp³-hybridized carbons (Fsp3) is 0.222. The Balaban J connectivity index is 1.97. The Morgan fingerprint density at radius 2 is 2.04 bits per heavy atom. The van der Waals surface area contributed by atoms with Gasteiger partial charge in [0, 0.05) is 11.7 Å². The van der Waals surface area contributed by atoms with Gasteiger partial charge >= 0.3 is 0 Å². The van der Waals surface area contributed by atoms with Gasteiger partial charge in [-0.1, -0.05) is 12.1 Å². The highest BCUT2D eigenvalue weighted by molar-refractivity contribution is 14.1. The Hall–Kier alpha value is -2.56. The van der Waals surface area contributed by atoms with E-state index < -0.39 is 5.82 Å². The average molecular weight is 478 g/mol. The highest BCUT2D eigenvalue weighted by atomic mass is 127. The van der Waals surface area contributed by atoms with Crippen molar-refractivity contribution >= 4 is 50.2 Å². The van der Waals surface area contributed by atoms with Gasteiger partial charge < -0.3 is 10.3 Å². The van der Waals surface area contributed by atoms with E-state index in [1.165, 1.54) is 12.4 Å². The van der Waals surface area contributed by atoms with E-state index in [1.54, 1.807) is 21.4 Å². The highest BCUT2D eigenvalue weighted by Gasteiger charge is 2.18. The number of hydrogen-bond donors (Lipinski definition) is 1. The van der Waals surface area contributed by atoms with E-state index in [9.17, 15) is 9.18 Å². The Morgan fingerprint density at radius 3 is 2.78 bits per heavy atom. The fourth-order valence-electron chi connectivity index (χ4n) is 3.32. The van der Waals surface area contributed by atoms with Gasteiger partial charge in [0.2, 0.25) is 0 Å². The number of pyridine rings is 1. The fourth-order valence-corrected chi connectivity index (χ4v) is 4.10. The number of fused-ring (bicyclic) bond motifs is 2. The quantitative estimate of drug-likeness (QED) is 0.457. The van der Waals surface area contributed by atoms with Crippen molar-refractivity contribution in [2.24, 2.45) is 0 Å². The van der Waals surface area contributed by atoms with Crippen LogP contribution in [0.1, 0.15) is 25.6 Å². The number of rotatable bonds is 3. The second-order valence-electron chi connectivity index (χ2n) is 6.51. The Morgan fingerprint density at radius 1 is 1.26 bits per heavy atom. The molecule has 0 aliphatic carbocycles. The molecule has 0 radical (unpaired) electrons. The van der Waals surface area contributed by atoms with E-state index in [0.29, 0.717) is 38.2 Å². The minimum absolute atomic E-state index is 0.0985.